The number of fused-ring (bicyclic) bond motifs is 1. The average molecular weight is 342 g/mol. The van der Waals surface area contributed by atoms with Crippen molar-refractivity contribution in [2.24, 2.45) is 5.92 Å². The van der Waals surface area contributed by atoms with Crippen molar-refractivity contribution in [3.05, 3.63) is 41.2 Å². The minimum atomic E-state index is -1.53. The summed E-state index contributed by atoms with van der Waals surface area (Å²) in [5.41, 5.74) is 1.33. The van der Waals surface area contributed by atoms with E-state index >= 15 is 0 Å². The van der Waals surface area contributed by atoms with Gasteiger partial charge in [0.2, 0.25) is 5.79 Å². The number of carbonyl (C=O) groups excluding carboxylic acids is 2. The Morgan fingerprint density at radius 1 is 1.16 bits per heavy atom. The van der Waals surface area contributed by atoms with E-state index in [1.54, 1.807) is 7.11 Å². The van der Waals surface area contributed by atoms with Crippen molar-refractivity contribution in [1.29, 1.82) is 0 Å². The molecule has 1 heterocycles. The van der Waals surface area contributed by atoms with E-state index in [0.29, 0.717) is 55.6 Å². The SMILES string of the molecule is COc1ccccc1[C@@H]1C2=C(CCCC2=O)O[C@@]2(O)CCCC(=O)[C@@H]12. The molecule has 1 aromatic rings. The Balaban J connectivity index is 1.95. The quantitative estimate of drug-likeness (QED) is 0.895. The van der Waals surface area contributed by atoms with Crippen LogP contribution in [0.5, 0.6) is 5.75 Å². The molecule has 0 unspecified atom stereocenters. The van der Waals surface area contributed by atoms with E-state index in [1.165, 1.54) is 0 Å². The summed E-state index contributed by atoms with van der Waals surface area (Å²) in [4.78, 5) is 25.5. The number of allylic oxidation sites excluding steroid dienone is 2. The summed E-state index contributed by atoms with van der Waals surface area (Å²) in [5.74, 6) is -1.66. The fourth-order valence-corrected chi connectivity index (χ4v) is 4.56. The van der Waals surface area contributed by atoms with E-state index in [1.807, 2.05) is 24.3 Å². The number of Topliss-reactive ketones (excluding diaryl/α,β-unsaturated/α-hetero) is 2. The standard InChI is InChI=1S/C20H22O5/c1-24-15-9-3-2-6-12(15)17-18-13(21)7-4-10-16(18)25-20(23)11-5-8-14(22)19(17)20/h2-3,6,9,17,19,23H,4-5,7-8,10-11H2,1H3/t17-,19+,20+/m1/s1. The summed E-state index contributed by atoms with van der Waals surface area (Å²) in [6.45, 7) is 0. The molecule has 0 amide bonds. The van der Waals surface area contributed by atoms with Crippen LogP contribution in [-0.4, -0.2) is 29.6 Å². The van der Waals surface area contributed by atoms with E-state index < -0.39 is 17.6 Å². The smallest absolute Gasteiger partial charge is 0.218 e. The summed E-state index contributed by atoms with van der Waals surface area (Å²) in [5, 5.41) is 11.2. The van der Waals surface area contributed by atoms with Crippen molar-refractivity contribution < 1.29 is 24.2 Å². The van der Waals surface area contributed by atoms with Gasteiger partial charge in [-0.25, -0.2) is 0 Å². The molecule has 1 aromatic carbocycles. The van der Waals surface area contributed by atoms with Crippen LogP contribution in [0.3, 0.4) is 0 Å². The van der Waals surface area contributed by atoms with Crippen molar-refractivity contribution in [1.82, 2.24) is 0 Å². The Labute approximate surface area is 146 Å². The molecule has 1 saturated carbocycles. The highest BCUT2D eigenvalue weighted by Gasteiger charge is 2.57. The molecule has 5 heteroatoms. The van der Waals surface area contributed by atoms with Crippen molar-refractivity contribution >= 4 is 11.6 Å². The molecular formula is C20H22O5. The maximum Gasteiger partial charge on any atom is 0.218 e. The summed E-state index contributed by atoms with van der Waals surface area (Å²) >= 11 is 0. The Kier molecular flexibility index (Phi) is 3.91. The van der Waals surface area contributed by atoms with Gasteiger partial charge in [-0.3, -0.25) is 9.59 Å². The number of hydrogen-bond acceptors (Lipinski definition) is 5. The molecule has 0 radical (unpaired) electrons. The maximum absolute atomic E-state index is 12.8. The number of ether oxygens (including phenoxy) is 2. The fraction of sp³-hybridized carbons (Fsp3) is 0.500. The van der Waals surface area contributed by atoms with Gasteiger partial charge in [0.05, 0.1) is 13.0 Å². The van der Waals surface area contributed by atoms with Crippen molar-refractivity contribution in [2.75, 3.05) is 7.11 Å². The molecule has 1 N–H and O–H groups in total. The molecule has 25 heavy (non-hydrogen) atoms. The molecule has 0 bridgehead atoms. The first-order chi connectivity index (χ1) is 12.0. The Morgan fingerprint density at radius 3 is 2.76 bits per heavy atom. The zero-order valence-electron chi connectivity index (χ0n) is 14.3. The van der Waals surface area contributed by atoms with Crippen LogP contribution in [0, 0.1) is 5.92 Å². The van der Waals surface area contributed by atoms with Crippen LogP contribution in [0.1, 0.15) is 50.0 Å². The second-order valence-electron chi connectivity index (χ2n) is 7.08. The van der Waals surface area contributed by atoms with Crippen LogP contribution in [0.15, 0.2) is 35.6 Å². The van der Waals surface area contributed by atoms with Gasteiger partial charge in [0, 0.05) is 42.7 Å². The lowest BCUT2D eigenvalue weighted by Crippen LogP contribution is -2.54. The molecule has 3 atom stereocenters. The summed E-state index contributed by atoms with van der Waals surface area (Å²) in [6, 6.07) is 7.43. The maximum atomic E-state index is 12.8. The first kappa shape index (κ1) is 16.3. The van der Waals surface area contributed by atoms with Crippen molar-refractivity contribution in [2.45, 2.75) is 50.2 Å². The van der Waals surface area contributed by atoms with Gasteiger partial charge in [-0.05, 0) is 18.9 Å². The van der Waals surface area contributed by atoms with E-state index in [4.69, 9.17) is 9.47 Å². The van der Waals surface area contributed by atoms with Crippen molar-refractivity contribution in [3.8, 4) is 5.75 Å². The molecule has 2 aliphatic carbocycles. The van der Waals surface area contributed by atoms with Crippen LogP contribution >= 0.6 is 0 Å². The van der Waals surface area contributed by atoms with E-state index in [9.17, 15) is 14.7 Å². The van der Waals surface area contributed by atoms with E-state index in [2.05, 4.69) is 0 Å². The van der Waals surface area contributed by atoms with Gasteiger partial charge < -0.3 is 14.6 Å². The monoisotopic (exact) mass is 342 g/mol. The predicted molar refractivity (Wildman–Crippen MR) is 90.0 cm³/mol. The van der Waals surface area contributed by atoms with Crippen LogP contribution in [-0.2, 0) is 14.3 Å². The molecule has 3 aliphatic rings. The molecule has 5 nitrogen and oxygen atoms in total. The van der Waals surface area contributed by atoms with Crippen LogP contribution in [0.2, 0.25) is 0 Å². The molecule has 1 aliphatic heterocycles. The van der Waals surface area contributed by atoms with Gasteiger partial charge in [-0.15, -0.1) is 0 Å². The lowest BCUT2D eigenvalue weighted by Gasteiger charge is -2.48. The van der Waals surface area contributed by atoms with E-state index in [0.717, 1.165) is 5.56 Å². The molecule has 0 spiro atoms. The minimum absolute atomic E-state index is 0.0116. The molecule has 4 rings (SSSR count). The summed E-state index contributed by atoms with van der Waals surface area (Å²) in [6.07, 6.45) is 3.19. The number of aliphatic hydroxyl groups is 1. The number of hydrogen-bond donors (Lipinski definition) is 1. The van der Waals surface area contributed by atoms with Gasteiger partial charge in [0.25, 0.3) is 0 Å². The number of rotatable bonds is 2. The third kappa shape index (κ3) is 2.49. The topological polar surface area (TPSA) is 72.8 Å². The highest BCUT2D eigenvalue weighted by atomic mass is 16.6. The normalized spacial score (nSPS) is 31.9. The highest BCUT2D eigenvalue weighted by Crippen LogP contribution is 2.53. The van der Waals surface area contributed by atoms with Gasteiger partial charge in [-0.2, -0.15) is 0 Å². The van der Waals surface area contributed by atoms with E-state index in [-0.39, 0.29) is 11.6 Å². The lowest BCUT2D eigenvalue weighted by atomic mass is 9.65. The fourth-order valence-electron chi connectivity index (χ4n) is 4.56. The average Bonchev–Trinajstić information content (AvgIpc) is 2.60. The van der Waals surface area contributed by atoms with Gasteiger partial charge in [-0.1, -0.05) is 18.2 Å². The summed E-state index contributed by atoms with van der Waals surface area (Å²) in [7, 11) is 1.57. The third-order valence-corrected chi connectivity index (χ3v) is 5.62. The molecule has 1 fully saturated rings. The zero-order valence-corrected chi connectivity index (χ0v) is 14.3. The third-order valence-electron chi connectivity index (χ3n) is 5.62. The molecular weight excluding hydrogens is 320 g/mol. The van der Waals surface area contributed by atoms with Gasteiger partial charge in [0.15, 0.2) is 5.78 Å². The number of methoxy groups -OCH3 is 1. The highest BCUT2D eigenvalue weighted by molar-refractivity contribution is 6.00. The lowest BCUT2D eigenvalue weighted by molar-refractivity contribution is -0.237. The zero-order chi connectivity index (χ0) is 17.6. The first-order valence-electron chi connectivity index (χ1n) is 8.88. The van der Waals surface area contributed by atoms with Crippen molar-refractivity contribution in [3.63, 3.8) is 0 Å². The first-order valence-corrected chi connectivity index (χ1v) is 8.88. The van der Waals surface area contributed by atoms with Crippen LogP contribution in [0.4, 0.5) is 0 Å². The minimum Gasteiger partial charge on any atom is -0.496 e. The molecule has 132 valence electrons. The Bertz CT molecular complexity index is 765. The molecule has 0 saturated heterocycles. The van der Waals surface area contributed by atoms with Crippen LogP contribution < -0.4 is 4.74 Å². The Hall–Kier alpha value is -2.14. The number of ketones is 2. The Morgan fingerprint density at radius 2 is 1.96 bits per heavy atom. The predicted octanol–water partition coefficient (Wildman–Crippen LogP) is 2.87. The number of para-hydroxylation sites is 1. The number of carbonyl (C=O) groups is 2. The van der Waals surface area contributed by atoms with Gasteiger partial charge >= 0.3 is 0 Å². The van der Waals surface area contributed by atoms with Crippen LogP contribution in [0.25, 0.3) is 0 Å². The largest absolute Gasteiger partial charge is 0.496 e. The second kappa shape index (κ2) is 5.99. The molecule has 0 aromatic heterocycles. The second-order valence-corrected chi connectivity index (χ2v) is 7.08. The number of benzene rings is 1. The summed E-state index contributed by atoms with van der Waals surface area (Å²) < 4.78 is 11.4. The van der Waals surface area contributed by atoms with Gasteiger partial charge in [0.1, 0.15) is 17.3 Å².